The van der Waals surface area contributed by atoms with Crippen LogP contribution >= 0.6 is 11.3 Å². The molecule has 1 atom stereocenters. The molecule has 0 N–H and O–H groups in total. The number of thiazole rings is 1. The molecular formula is C19H26N4OS. The van der Waals surface area contributed by atoms with E-state index in [-0.39, 0.29) is 5.91 Å². The Morgan fingerprint density at radius 3 is 2.88 bits per heavy atom. The van der Waals surface area contributed by atoms with Crippen LogP contribution in [0.2, 0.25) is 0 Å². The second kappa shape index (κ2) is 8.04. The molecule has 3 rings (SSSR count). The van der Waals surface area contributed by atoms with Crippen LogP contribution in [0.4, 0.5) is 0 Å². The zero-order valence-corrected chi connectivity index (χ0v) is 16.1. The van der Waals surface area contributed by atoms with Gasteiger partial charge in [0.25, 0.3) is 0 Å². The number of carbonyl (C=O) groups is 1. The highest BCUT2D eigenvalue weighted by molar-refractivity contribution is 7.15. The van der Waals surface area contributed by atoms with Crippen LogP contribution in [0.1, 0.15) is 44.3 Å². The minimum atomic E-state index is 0.171. The minimum absolute atomic E-state index is 0.171. The van der Waals surface area contributed by atoms with Gasteiger partial charge in [-0.25, -0.2) is 4.98 Å². The maximum absolute atomic E-state index is 11.7. The van der Waals surface area contributed by atoms with E-state index in [1.165, 1.54) is 0 Å². The lowest BCUT2D eigenvalue weighted by molar-refractivity contribution is -0.130. The first-order chi connectivity index (χ1) is 12.0. The lowest BCUT2D eigenvalue weighted by atomic mass is 9.92. The van der Waals surface area contributed by atoms with Gasteiger partial charge in [-0.15, -0.1) is 11.3 Å². The van der Waals surface area contributed by atoms with Gasteiger partial charge in [-0.1, -0.05) is 13.8 Å². The molecule has 0 aromatic carbocycles. The molecule has 3 heterocycles. The molecular weight excluding hydrogens is 332 g/mol. The summed E-state index contributed by atoms with van der Waals surface area (Å²) < 4.78 is 0. The van der Waals surface area contributed by atoms with Crippen molar-refractivity contribution >= 4 is 17.2 Å². The van der Waals surface area contributed by atoms with Crippen LogP contribution in [0.25, 0.3) is 10.6 Å². The van der Waals surface area contributed by atoms with Crippen molar-refractivity contribution in [3.8, 4) is 10.6 Å². The number of hydrogen-bond acceptors (Lipinski definition) is 5. The van der Waals surface area contributed by atoms with Crippen LogP contribution in [0, 0.1) is 11.8 Å². The molecule has 0 unspecified atom stereocenters. The number of piperidine rings is 1. The third-order valence-electron chi connectivity index (χ3n) is 4.59. The molecule has 0 aliphatic carbocycles. The lowest BCUT2D eigenvalue weighted by Gasteiger charge is -2.32. The summed E-state index contributed by atoms with van der Waals surface area (Å²) in [7, 11) is 0. The van der Waals surface area contributed by atoms with E-state index in [9.17, 15) is 4.79 Å². The normalized spacial score (nSPS) is 17.9. The van der Waals surface area contributed by atoms with Gasteiger partial charge in [-0.3, -0.25) is 14.8 Å². The molecule has 134 valence electrons. The Bertz CT molecular complexity index is 728. The molecule has 0 bridgehead atoms. The SMILES string of the molecule is CC(=O)N1CCC[C@H](Cc2nccnc2-c2cnc(CC(C)C)s2)C1. The summed E-state index contributed by atoms with van der Waals surface area (Å²) in [6.07, 6.45) is 9.52. The zero-order valence-electron chi connectivity index (χ0n) is 15.2. The van der Waals surface area contributed by atoms with Gasteiger partial charge >= 0.3 is 0 Å². The molecule has 0 saturated carbocycles. The first kappa shape index (κ1) is 18.0. The average molecular weight is 359 g/mol. The quantitative estimate of drug-likeness (QED) is 0.819. The average Bonchev–Trinajstić information content (AvgIpc) is 3.03. The summed E-state index contributed by atoms with van der Waals surface area (Å²) >= 11 is 1.72. The highest BCUT2D eigenvalue weighted by Crippen LogP contribution is 2.30. The number of nitrogens with zero attached hydrogens (tertiary/aromatic N) is 4. The topological polar surface area (TPSA) is 59.0 Å². The van der Waals surface area contributed by atoms with E-state index >= 15 is 0 Å². The summed E-state index contributed by atoms with van der Waals surface area (Å²) in [5, 5.41) is 1.15. The van der Waals surface area contributed by atoms with E-state index in [0.717, 1.165) is 60.0 Å². The van der Waals surface area contributed by atoms with E-state index in [1.807, 2.05) is 11.1 Å². The zero-order chi connectivity index (χ0) is 17.8. The molecule has 5 nitrogen and oxygen atoms in total. The van der Waals surface area contributed by atoms with Crippen molar-refractivity contribution < 1.29 is 4.79 Å². The van der Waals surface area contributed by atoms with Crippen LogP contribution in [0.15, 0.2) is 18.6 Å². The van der Waals surface area contributed by atoms with Crippen LogP contribution < -0.4 is 0 Å². The minimum Gasteiger partial charge on any atom is -0.343 e. The van der Waals surface area contributed by atoms with Crippen LogP contribution in [0.3, 0.4) is 0 Å². The van der Waals surface area contributed by atoms with Gasteiger partial charge in [0.05, 0.1) is 15.6 Å². The molecule has 2 aromatic rings. The van der Waals surface area contributed by atoms with Gasteiger partial charge in [-0.2, -0.15) is 0 Å². The molecule has 1 aliphatic rings. The van der Waals surface area contributed by atoms with Crippen molar-refractivity contribution in [2.45, 2.75) is 46.5 Å². The van der Waals surface area contributed by atoms with E-state index < -0.39 is 0 Å². The summed E-state index contributed by atoms with van der Waals surface area (Å²) in [5.74, 6) is 1.22. The standard InChI is InChI=1S/C19H26N4OS/c1-13(2)9-18-22-11-17(25-18)19-16(20-6-7-21-19)10-15-5-4-8-23(12-15)14(3)24/h6-7,11,13,15H,4-5,8-10,12H2,1-3H3/t15-/m1/s1. The Hall–Kier alpha value is -1.82. The van der Waals surface area contributed by atoms with E-state index in [2.05, 4.69) is 28.8 Å². The highest BCUT2D eigenvalue weighted by Gasteiger charge is 2.24. The summed E-state index contributed by atoms with van der Waals surface area (Å²) in [6, 6.07) is 0. The van der Waals surface area contributed by atoms with Crippen LogP contribution in [-0.4, -0.2) is 38.8 Å². The summed E-state index contributed by atoms with van der Waals surface area (Å²) in [4.78, 5) is 28.5. The fourth-order valence-electron chi connectivity index (χ4n) is 3.38. The monoisotopic (exact) mass is 358 g/mol. The van der Waals surface area contributed by atoms with Crippen molar-refractivity contribution in [3.05, 3.63) is 29.3 Å². The maximum atomic E-state index is 11.7. The van der Waals surface area contributed by atoms with Crippen molar-refractivity contribution in [1.82, 2.24) is 19.9 Å². The number of likely N-dealkylation sites (tertiary alicyclic amines) is 1. The van der Waals surface area contributed by atoms with Gasteiger partial charge < -0.3 is 4.90 Å². The molecule has 0 spiro atoms. The van der Waals surface area contributed by atoms with E-state index in [0.29, 0.717) is 11.8 Å². The molecule has 25 heavy (non-hydrogen) atoms. The second-order valence-electron chi connectivity index (χ2n) is 7.25. The number of carbonyl (C=O) groups excluding carboxylic acids is 1. The van der Waals surface area contributed by atoms with E-state index in [1.54, 1.807) is 30.7 Å². The Morgan fingerprint density at radius 1 is 1.32 bits per heavy atom. The third-order valence-corrected chi connectivity index (χ3v) is 5.62. The van der Waals surface area contributed by atoms with Crippen molar-refractivity contribution in [3.63, 3.8) is 0 Å². The smallest absolute Gasteiger partial charge is 0.219 e. The first-order valence-electron chi connectivity index (χ1n) is 9.03. The number of aromatic nitrogens is 3. The van der Waals surface area contributed by atoms with Crippen LogP contribution in [-0.2, 0) is 17.6 Å². The van der Waals surface area contributed by atoms with Gasteiger partial charge in [-0.05, 0) is 31.1 Å². The summed E-state index contributed by atoms with van der Waals surface area (Å²) in [5.41, 5.74) is 1.98. The second-order valence-corrected chi connectivity index (χ2v) is 8.36. The van der Waals surface area contributed by atoms with Gasteiger partial charge in [0.2, 0.25) is 5.91 Å². The Balaban J connectivity index is 1.77. The summed E-state index contributed by atoms with van der Waals surface area (Å²) in [6.45, 7) is 7.78. The van der Waals surface area contributed by atoms with Crippen molar-refractivity contribution in [1.29, 1.82) is 0 Å². The highest BCUT2D eigenvalue weighted by atomic mass is 32.1. The Kier molecular flexibility index (Phi) is 5.78. The first-order valence-corrected chi connectivity index (χ1v) is 9.85. The maximum Gasteiger partial charge on any atom is 0.219 e. The van der Waals surface area contributed by atoms with Crippen LogP contribution in [0.5, 0.6) is 0 Å². The molecule has 1 fully saturated rings. The Labute approximate surface area is 153 Å². The molecule has 1 amide bonds. The van der Waals surface area contributed by atoms with Crippen molar-refractivity contribution in [2.24, 2.45) is 11.8 Å². The fraction of sp³-hybridized carbons (Fsp3) is 0.579. The molecule has 0 radical (unpaired) electrons. The predicted molar refractivity (Wildman–Crippen MR) is 100 cm³/mol. The third kappa shape index (κ3) is 4.63. The Morgan fingerprint density at radius 2 is 2.12 bits per heavy atom. The molecule has 2 aromatic heterocycles. The van der Waals surface area contributed by atoms with E-state index in [4.69, 9.17) is 0 Å². The van der Waals surface area contributed by atoms with Gasteiger partial charge in [0.15, 0.2) is 0 Å². The van der Waals surface area contributed by atoms with Gasteiger partial charge in [0, 0.05) is 45.0 Å². The van der Waals surface area contributed by atoms with Crippen molar-refractivity contribution in [2.75, 3.05) is 13.1 Å². The largest absolute Gasteiger partial charge is 0.343 e. The lowest BCUT2D eigenvalue weighted by Crippen LogP contribution is -2.39. The predicted octanol–water partition coefficient (Wildman–Crippen LogP) is 3.60. The fourth-order valence-corrected chi connectivity index (χ4v) is 4.53. The molecule has 1 aliphatic heterocycles. The van der Waals surface area contributed by atoms with Gasteiger partial charge in [0.1, 0.15) is 5.69 Å². The molecule has 6 heteroatoms. The number of amides is 1. The number of rotatable bonds is 5. The molecule has 1 saturated heterocycles. The number of hydrogen-bond donors (Lipinski definition) is 0.